The van der Waals surface area contributed by atoms with E-state index in [9.17, 15) is 13.6 Å². The van der Waals surface area contributed by atoms with Crippen LogP contribution in [0.2, 0.25) is 0 Å². The summed E-state index contributed by atoms with van der Waals surface area (Å²) in [6, 6.07) is 11.2. The van der Waals surface area contributed by atoms with Crippen LogP contribution >= 0.6 is 0 Å². The second-order valence-electron chi connectivity index (χ2n) is 8.34. The molecule has 5 rings (SSSR count). The van der Waals surface area contributed by atoms with Crippen molar-refractivity contribution in [3.05, 3.63) is 59.7 Å². The molecule has 2 saturated carbocycles. The van der Waals surface area contributed by atoms with Crippen LogP contribution in [0, 0.1) is 23.0 Å². The van der Waals surface area contributed by atoms with Gasteiger partial charge in [-0.3, -0.25) is 4.79 Å². The maximum Gasteiger partial charge on any atom is 0.229 e. The molecular formula is C22H22F2N2O. The van der Waals surface area contributed by atoms with Gasteiger partial charge in [-0.05, 0) is 60.4 Å². The Bertz CT molecular complexity index is 902. The van der Waals surface area contributed by atoms with E-state index in [-0.39, 0.29) is 23.4 Å². The van der Waals surface area contributed by atoms with E-state index < -0.39 is 11.6 Å². The van der Waals surface area contributed by atoms with E-state index in [0.29, 0.717) is 17.9 Å². The topological polar surface area (TPSA) is 46.3 Å². The van der Waals surface area contributed by atoms with Crippen molar-refractivity contribution in [2.24, 2.45) is 17.1 Å². The zero-order valence-corrected chi connectivity index (χ0v) is 15.0. The lowest BCUT2D eigenvalue weighted by Crippen LogP contribution is -2.45. The smallest absolute Gasteiger partial charge is 0.229 e. The molecule has 2 aliphatic carbocycles. The number of likely N-dealkylation sites (tertiary alicyclic amines) is 1. The predicted octanol–water partition coefficient (Wildman–Crippen LogP) is 3.51. The fourth-order valence-corrected chi connectivity index (χ4v) is 4.57. The van der Waals surface area contributed by atoms with Crippen molar-refractivity contribution in [3.8, 4) is 11.1 Å². The number of hydrogen-bond acceptors (Lipinski definition) is 2. The lowest BCUT2D eigenvalue weighted by molar-refractivity contribution is -0.135. The summed E-state index contributed by atoms with van der Waals surface area (Å²) in [5.74, 6) is -0.275. The average molecular weight is 368 g/mol. The summed E-state index contributed by atoms with van der Waals surface area (Å²) in [5.41, 5.74) is 8.59. The Balaban J connectivity index is 1.39. The van der Waals surface area contributed by atoms with Crippen LogP contribution in [0.5, 0.6) is 0 Å². The summed E-state index contributed by atoms with van der Waals surface area (Å²) in [4.78, 5) is 14.9. The zero-order valence-electron chi connectivity index (χ0n) is 15.0. The van der Waals surface area contributed by atoms with E-state index in [1.165, 1.54) is 12.1 Å². The number of rotatable bonds is 4. The molecule has 5 heteroatoms. The maximum absolute atomic E-state index is 13.6. The first-order valence-corrected chi connectivity index (χ1v) is 9.58. The van der Waals surface area contributed by atoms with Gasteiger partial charge in [0, 0.05) is 18.7 Å². The lowest BCUT2D eigenvalue weighted by Gasteiger charge is -2.28. The first kappa shape index (κ1) is 16.9. The molecule has 3 nitrogen and oxygen atoms in total. The minimum atomic E-state index is -0.590. The molecule has 0 aromatic heterocycles. The van der Waals surface area contributed by atoms with Gasteiger partial charge in [0.25, 0.3) is 0 Å². The van der Waals surface area contributed by atoms with Crippen LogP contribution in [0.4, 0.5) is 8.78 Å². The van der Waals surface area contributed by atoms with Crippen molar-refractivity contribution >= 4 is 5.91 Å². The number of nitrogens with two attached hydrogens (primary N) is 1. The molecule has 2 aromatic carbocycles. The van der Waals surface area contributed by atoms with E-state index in [1.54, 1.807) is 0 Å². The van der Waals surface area contributed by atoms with Gasteiger partial charge in [-0.1, -0.05) is 24.3 Å². The van der Waals surface area contributed by atoms with Crippen LogP contribution in [-0.2, 0) is 11.2 Å². The standard InChI is InChI=1S/C22H22F2N2O/c23-17-8-15(9-18(24)10-17)14-3-1-2-13(6-14)7-20-19(25)4-5-26(20)21(27)22-11-16(22)12-22/h1-3,6,8-10,16,19-20H,4-5,7,11-12,25H2. The van der Waals surface area contributed by atoms with Gasteiger partial charge >= 0.3 is 0 Å². The van der Waals surface area contributed by atoms with Crippen molar-refractivity contribution in [1.29, 1.82) is 0 Å². The molecule has 2 atom stereocenters. The molecular weight excluding hydrogens is 346 g/mol. The van der Waals surface area contributed by atoms with Gasteiger partial charge in [0.15, 0.2) is 0 Å². The second kappa shape index (κ2) is 5.86. The fraction of sp³-hybridized carbons (Fsp3) is 0.409. The Labute approximate surface area is 157 Å². The third-order valence-corrected chi connectivity index (χ3v) is 6.53. The molecule has 0 radical (unpaired) electrons. The van der Waals surface area contributed by atoms with Crippen molar-refractivity contribution in [3.63, 3.8) is 0 Å². The van der Waals surface area contributed by atoms with Crippen LogP contribution < -0.4 is 5.73 Å². The Morgan fingerprint density at radius 1 is 1.11 bits per heavy atom. The minimum Gasteiger partial charge on any atom is -0.337 e. The summed E-state index contributed by atoms with van der Waals surface area (Å²) < 4.78 is 27.1. The van der Waals surface area contributed by atoms with Gasteiger partial charge in [0.2, 0.25) is 5.91 Å². The number of amides is 1. The van der Waals surface area contributed by atoms with Crippen LogP contribution in [0.3, 0.4) is 0 Å². The molecule has 2 aromatic rings. The van der Waals surface area contributed by atoms with Crippen LogP contribution in [0.25, 0.3) is 11.1 Å². The summed E-state index contributed by atoms with van der Waals surface area (Å²) in [5, 5.41) is 0. The predicted molar refractivity (Wildman–Crippen MR) is 98.7 cm³/mol. The van der Waals surface area contributed by atoms with E-state index in [1.807, 2.05) is 29.2 Å². The van der Waals surface area contributed by atoms with Crippen molar-refractivity contribution < 1.29 is 13.6 Å². The summed E-state index contributed by atoms with van der Waals surface area (Å²) >= 11 is 0. The average Bonchev–Trinajstić information content (AvgIpc) is 3.47. The Morgan fingerprint density at radius 2 is 1.81 bits per heavy atom. The van der Waals surface area contributed by atoms with Crippen molar-refractivity contribution in [2.45, 2.75) is 37.8 Å². The molecule has 3 fully saturated rings. The van der Waals surface area contributed by atoms with Crippen molar-refractivity contribution in [1.82, 2.24) is 4.90 Å². The van der Waals surface area contributed by atoms with Crippen molar-refractivity contribution in [2.75, 3.05) is 6.54 Å². The van der Waals surface area contributed by atoms with Gasteiger partial charge in [0.05, 0.1) is 11.5 Å². The number of fused-ring (bicyclic) bond motifs is 1. The fourth-order valence-electron chi connectivity index (χ4n) is 4.57. The normalized spacial score (nSPS) is 30.9. The highest BCUT2D eigenvalue weighted by atomic mass is 19.1. The van der Waals surface area contributed by atoms with E-state index >= 15 is 0 Å². The lowest BCUT2D eigenvalue weighted by atomic mass is 9.96. The van der Waals surface area contributed by atoms with Gasteiger partial charge in [-0.15, -0.1) is 0 Å². The zero-order chi connectivity index (χ0) is 18.8. The number of nitrogens with zero attached hydrogens (tertiary/aromatic N) is 1. The number of benzene rings is 2. The molecule has 1 aliphatic heterocycles. The minimum absolute atomic E-state index is 0.00628. The highest BCUT2D eigenvalue weighted by molar-refractivity contribution is 5.90. The Kier molecular flexibility index (Phi) is 3.66. The highest BCUT2D eigenvalue weighted by Gasteiger charge is 2.75. The van der Waals surface area contributed by atoms with Gasteiger partial charge in [-0.2, -0.15) is 0 Å². The van der Waals surface area contributed by atoms with Gasteiger partial charge in [-0.25, -0.2) is 8.78 Å². The third kappa shape index (κ3) is 2.85. The number of carbonyl (C=O) groups is 1. The summed E-state index contributed by atoms with van der Waals surface area (Å²) in [6.45, 7) is 0.730. The third-order valence-electron chi connectivity index (χ3n) is 6.53. The molecule has 2 N–H and O–H groups in total. The van der Waals surface area contributed by atoms with Crippen LogP contribution in [-0.4, -0.2) is 29.4 Å². The SMILES string of the molecule is NC1CCN(C(=O)C23CC2C3)C1Cc1cccc(-c2cc(F)cc(F)c2)c1. The van der Waals surface area contributed by atoms with Gasteiger partial charge < -0.3 is 10.6 Å². The second-order valence-corrected chi connectivity index (χ2v) is 8.34. The van der Waals surface area contributed by atoms with Gasteiger partial charge in [0.1, 0.15) is 11.6 Å². The summed E-state index contributed by atoms with van der Waals surface area (Å²) in [6.07, 6.45) is 3.58. The molecule has 1 saturated heterocycles. The van der Waals surface area contributed by atoms with E-state index in [0.717, 1.165) is 43.0 Å². The largest absolute Gasteiger partial charge is 0.337 e. The molecule has 3 aliphatic rings. The molecule has 1 heterocycles. The molecule has 27 heavy (non-hydrogen) atoms. The van der Waals surface area contributed by atoms with Crippen LogP contribution in [0.1, 0.15) is 24.8 Å². The first-order chi connectivity index (χ1) is 13.0. The maximum atomic E-state index is 13.6. The van der Waals surface area contributed by atoms with E-state index in [4.69, 9.17) is 5.73 Å². The molecule has 0 spiro atoms. The Morgan fingerprint density at radius 3 is 2.48 bits per heavy atom. The molecule has 1 amide bonds. The highest BCUT2D eigenvalue weighted by Crippen LogP contribution is 2.76. The number of hydrogen-bond donors (Lipinski definition) is 1. The quantitative estimate of drug-likeness (QED) is 0.898. The molecule has 2 unspecified atom stereocenters. The number of carbonyl (C=O) groups excluding carboxylic acids is 1. The summed E-state index contributed by atoms with van der Waals surface area (Å²) in [7, 11) is 0. The monoisotopic (exact) mass is 368 g/mol. The molecule has 140 valence electrons. The van der Waals surface area contributed by atoms with Crippen LogP contribution in [0.15, 0.2) is 42.5 Å². The number of halogens is 2. The Hall–Kier alpha value is -2.27. The molecule has 0 bridgehead atoms. The first-order valence-electron chi connectivity index (χ1n) is 9.58. The van der Waals surface area contributed by atoms with E-state index in [2.05, 4.69) is 0 Å².